The summed E-state index contributed by atoms with van der Waals surface area (Å²) in [5.41, 5.74) is 6.01. The quantitative estimate of drug-likeness (QED) is 0.895. The van der Waals surface area contributed by atoms with Crippen molar-refractivity contribution in [3.63, 3.8) is 0 Å². The van der Waals surface area contributed by atoms with E-state index in [-0.39, 0.29) is 5.56 Å². The maximum absolute atomic E-state index is 11.8. The fraction of sp³-hybridized carbons (Fsp3) is 0.231. The molecule has 0 fully saturated rings. The minimum atomic E-state index is -0.227. The van der Waals surface area contributed by atoms with Crippen LogP contribution < -0.4 is 16.0 Å². The van der Waals surface area contributed by atoms with Gasteiger partial charge < -0.3 is 10.5 Å². The third-order valence-electron chi connectivity index (χ3n) is 2.45. The molecule has 0 saturated carbocycles. The van der Waals surface area contributed by atoms with E-state index >= 15 is 0 Å². The van der Waals surface area contributed by atoms with E-state index in [0.717, 1.165) is 5.56 Å². The predicted molar refractivity (Wildman–Crippen MR) is 73.6 cm³/mol. The van der Waals surface area contributed by atoms with Crippen LogP contribution in [0.15, 0.2) is 41.3 Å². The molecule has 2 rings (SSSR count). The summed E-state index contributed by atoms with van der Waals surface area (Å²) in [5, 5.41) is 4.68. The molecule has 0 amide bonds. The number of halogens is 1. The largest absolute Gasteiger partial charge is 0.490 e. The minimum Gasteiger partial charge on any atom is -0.490 e. The predicted octanol–water partition coefficient (Wildman–Crippen LogP) is 1.28. The summed E-state index contributed by atoms with van der Waals surface area (Å²) in [6, 6.07) is 8.70. The summed E-state index contributed by atoms with van der Waals surface area (Å²) in [6.45, 7) is 1.13. The summed E-state index contributed by atoms with van der Waals surface area (Å²) < 4.78 is 6.59. The maximum atomic E-state index is 11.8. The number of hydrogen-bond donors (Lipinski definition) is 1. The molecule has 5 nitrogen and oxygen atoms in total. The molecule has 0 aliphatic carbocycles. The zero-order valence-corrected chi connectivity index (χ0v) is 11.0. The van der Waals surface area contributed by atoms with Crippen molar-refractivity contribution in [1.29, 1.82) is 0 Å². The molecule has 0 bridgehead atoms. The summed E-state index contributed by atoms with van der Waals surface area (Å²) >= 11 is 5.89. The highest BCUT2D eigenvalue weighted by molar-refractivity contribution is 6.30. The number of ether oxygens (including phenoxy) is 1. The van der Waals surface area contributed by atoms with Crippen molar-refractivity contribution in [1.82, 2.24) is 9.78 Å². The van der Waals surface area contributed by atoms with Crippen LogP contribution in [0.25, 0.3) is 0 Å². The number of nitrogens with zero attached hydrogens (tertiary/aromatic N) is 2. The Bertz CT molecular complexity index is 613. The van der Waals surface area contributed by atoms with Gasteiger partial charge in [-0.2, -0.15) is 5.10 Å². The second kappa shape index (κ2) is 6.36. The number of rotatable bonds is 5. The van der Waals surface area contributed by atoms with Crippen molar-refractivity contribution in [2.24, 2.45) is 5.73 Å². The molecular formula is C13H14ClN3O2. The molecular weight excluding hydrogens is 266 g/mol. The van der Waals surface area contributed by atoms with Gasteiger partial charge >= 0.3 is 0 Å². The van der Waals surface area contributed by atoms with Gasteiger partial charge in [-0.25, -0.2) is 4.68 Å². The zero-order chi connectivity index (χ0) is 13.7. The molecule has 19 heavy (non-hydrogen) atoms. The van der Waals surface area contributed by atoms with Gasteiger partial charge in [0, 0.05) is 17.6 Å². The number of hydrogen-bond acceptors (Lipinski definition) is 4. The second-order valence-electron chi connectivity index (χ2n) is 3.95. The summed E-state index contributed by atoms with van der Waals surface area (Å²) in [7, 11) is 0. The Morgan fingerprint density at radius 3 is 2.89 bits per heavy atom. The van der Waals surface area contributed by atoms with Gasteiger partial charge in [0.2, 0.25) is 0 Å². The molecule has 0 spiro atoms. The van der Waals surface area contributed by atoms with Gasteiger partial charge in [-0.1, -0.05) is 23.7 Å². The van der Waals surface area contributed by atoms with Crippen molar-refractivity contribution in [2.45, 2.75) is 6.54 Å². The van der Waals surface area contributed by atoms with E-state index in [1.54, 1.807) is 12.1 Å². The van der Waals surface area contributed by atoms with Crippen LogP contribution in [0.5, 0.6) is 5.75 Å². The summed E-state index contributed by atoms with van der Waals surface area (Å²) in [6.07, 6.45) is 1.50. The standard InChI is InChI=1S/C13H14ClN3O2/c14-11-3-1-2-10(6-11)9-17-13(18)7-12(8-16-17)19-5-4-15/h1-3,6-8H,4-5,9,15H2. The van der Waals surface area contributed by atoms with Crippen LogP contribution >= 0.6 is 11.6 Å². The smallest absolute Gasteiger partial charge is 0.270 e. The monoisotopic (exact) mass is 279 g/mol. The maximum Gasteiger partial charge on any atom is 0.270 e. The van der Waals surface area contributed by atoms with Crippen LogP contribution in [-0.4, -0.2) is 22.9 Å². The summed E-state index contributed by atoms with van der Waals surface area (Å²) in [5.74, 6) is 0.429. The molecule has 0 unspecified atom stereocenters. The van der Waals surface area contributed by atoms with Gasteiger partial charge in [0.25, 0.3) is 5.56 Å². The highest BCUT2D eigenvalue weighted by Gasteiger charge is 2.02. The molecule has 0 aliphatic heterocycles. The van der Waals surface area contributed by atoms with E-state index in [4.69, 9.17) is 22.1 Å². The Labute approximate surface area is 115 Å². The average molecular weight is 280 g/mol. The Hall–Kier alpha value is -1.85. The van der Waals surface area contributed by atoms with Gasteiger partial charge in [0.15, 0.2) is 0 Å². The second-order valence-corrected chi connectivity index (χ2v) is 4.39. The third-order valence-corrected chi connectivity index (χ3v) is 2.69. The fourth-order valence-electron chi connectivity index (χ4n) is 1.60. The molecule has 1 heterocycles. The first-order valence-electron chi connectivity index (χ1n) is 5.83. The summed E-state index contributed by atoms with van der Waals surface area (Å²) in [4.78, 5) is 11.8. The van der Waals surface area contributed by atoms with E-state index in [1.807, 2.05) is 12.1 Å². The van der Waals surface area contributed by atoms with Crippen LogP contribution in [0.4, 0.5) is 0 Å². The number of benzene rings is 1. The van der Waals surface area contributed by atoms with Gasteiger partial charge in [-0.15, -0.1) is 0 Å². The number of aromatic nitrogens is 2. The molecule has 2 aromatic rings. The molecule has 0 aliphatic rings. The molecule has 2 N–H and O–H groups in total. The highest BCUT2D eigenvalue weighted by Crippen LogP contribution is 2.11. The van der Waals surface area contributed by atoms with Gasteiger partial charge in [-0.3, -0.25) is 4.79 Å². The lowest BCUT2D eigenvalue weighted by Gasteiger charge is -2.07. The lowest BCUT2D eigenvalue weighted by Crippen LogP contribution is -2.23. The zero-order valence-electron chi connectivity index (χ0n) is 10.3. The van der Waals surface area contributed by atoms with E-state index < -0.39 is 0 Å². The highest BCUT2D eigenvalue weighted by atomic mass is 35.5. The van der Waals surface area contributed by atoms with Crippen LogP contribution in [0.3, 0.4) is 0 Å². The number of nitrogens with two attached hydrogens (primary N) is 1. The Kier molecular flexibility index (Phi) is 4.54. The SMILES string of the molecule is NCCOc1cnn(Cc2cccc(Cl)c2)c(=O)c1. The van der Waals surface area contributed by atoms with E-state index in [1.165, 1.54) is 16.9 Å². The molecule has 1 aromatic carbocycles. The lowest BCUT2D eigenvalue weighted by molar-refractivity contribution is 0.324. The first-order chi connectivity index (χ1) is 9.19. The van der Waals surface area contributed by atoms with Gasteiger partial charge in [0.1, 0.15) is 12.4 Å². The third kappa shape index (κ3) is 3.81. The van der Waals surface area contributed by atoms with E-state index in [9.17, 15) is 4.79 Å². The van der Waals surface area contributed by atoms with Crippen LogP contribution in [0.2, 0.25) is 5.02 Å². The molecule has 0 saturated heterocycles. The Morgan fingerprint density at radius 2 is 2.21 bits per heavy atom. The average Bonchev–Trinajstić information content (AvgIpc) is 2.39. The van der Waals surface area contributed by atoms with Crippen molar-refractivity contribution < 1.29 is 4.74 Å². The molecule has 6 heteroatoms. The van der Waals surface area contributed by atoms with Crippen LogP contribution in [0.1, 0.15) is 5.56 Å². The van der Waals surface area contributed by atoms with Crippen molar-refractivity contribution in [2.75, 3.05) is 13.2 Å². The fourth-order valence-corrected chi connectivity index (χ4v) is 1.81. The van der Waals surface area contributed by atoms with Crippen LogP contribution in [0, 0.1) is 0 Å². The molecule has 0 atom stereocenters. The van der Waals surface area contributed by atoms with E-state index in [0.29, 0.717) is 30.5 Å². The van der Waals surface area contributed by atoms with Crippen molar-refractivity contribution in [3.05, 3.63) is 57.5 Å². The molecule has 0 radical (unpaired) electrons. The van der Waals surface area contributed by atoms with Gasteiger partial charge in [-0.05, 0) is 17.7 Å². The van der Waals surface area contributed by atoms with Crippen molar-refractivity contribution >= 4 is 11.6 Å². The normalized spacial score (nSPS) is 10.4. The minimum absolute atomic E-state index is 0.227. The van der Waals surface area contributed by atoms with Crippen molar-refractivity contribution in [3.8, 4) is 5.75 Å². The molecule has 100 valence electrons. The van der Waals surface area contributed by atoms with Gasteiger partial charge in [0.05, 0.1) is 12.7 Å². The lowest BCUT2D eigenvalue weighted by atomic mass is 10.2. The van der Waals surface area contributed by atoms with Crippen LogP contribution in [-0.2, 0) is 6.54 Å². The Balaban J connectivity index is 2.15. The van der Waals surface area contributed by atoms with E-state index in [2.05, 4.69) is 5.10 Å². The Morgan fingerprint density at radius 1 is 1.37 bits per heavy atom. The first-order valence-corrected chi connectivity index (χ1v) is 6.21. The first kappa shape index (κ1) is 13.6. The molecule has 1 aromatic heterocycles. The topological polar surface area (TPSA) is 70.1 Å².